The third kappa shape index (κ3) is 4.36. The number of rotatable bonds is 7. The zero-order valence-corrected chi connectivity index (χ0v) is 16.4. The van der Waals surface area contributed by atoms with Gasteiger partial charge < -0.3 is 9.47 Å². The Morgan fingerprint density at radius 3 is 2.64 bits per heavy atom. The third-order valence-electron chi connectivity index (χ3n) is 4.15. The maximum absolute atomic E-state index is 13.7. The van der Waals surface area contributed by atoms with Gasteiger partial charge in [0.15, 0.2) is 11.5 Å². The van der Waals surface area contributed by atoms with Gasteiger partial charge in [0, 0.05) is 12.1 Å². The van der Waals surface area contributed by atoms with E-state index in [0.717, 1.165) is 11.8 Å². The summed E-state index contributed by atoms with van der Waals surface area (Å²) in [5, 5.41) is -0.255. The summed E-state index contributed by atoms with van der Waals surface area (Å²) in [5.74, 6) is 0.302. The Kier molecular flexibility index (Phi) is 6.36. The molecule has 1 aliphatic rings. The molecular weight excluding hydrogens is 381 g/mol. The minimum absolute atomic E-state index is 0.0677. The van der Waals surface area contributed by atoms with Crippen LogP contribution in [0.4, 0.5) is 9.18 Å². The predicted octanol–water partition coefficient (Wildman–Crippen LogP) is 4.86. The van der Waals surface area contributed by atoms with Crippen LogP contribution in [0.1, 0.15) is 24.5 Å². The lowest BCUT2D eigenvalue weighted by Crippen LogP contribution is -2.28. The summed E-state index contributed by atoms with van der Waals surface area (Å²) in [7, 11) is 1.50. The first-order chi connectivity index (χ1) is 13.5. The average molecular weight is 401 g/mol. The van der Waals surface area contributed by atoms with Crippen molar-refractivity contribution >= 4 is 29.0 Å². The first kappa shape index (κ1) is 19.9. The van der Waals surface area contributed by atoms with E-state index >= 15 is 0 Å². The van der Waals surface area contributed by atoms with Crippen molar-refractivity contribution in [1.29, 1.82) is 0 Å². The first-order valence-corrected chi connectivity index (χ1v) is 9.64. The fourth-order valence-electron chi connectivity index (χ4n) is 2.73. The number of hydrogen-bond donors (Lipinski definition) is 0. The Morgan fingerprint density at radius 2 is 1.93 bits per heavy atom. The highest BCUT2D eigenvalue weighted by Gasteiger charge is 2.34. The molecule has 1 saturated heterocycles. The molecule has 0 bridgehead atoms. The van der Waals surface area contributed by atoms with Crippen LogP contribution >= 0.6 is 11.8 Å². The van der Waals surface area contributed by atoms with Crippen LogP contribution in [-0.2, 0) is 11.4 Å². The van der Waals surface area contributed by atoms with Crippen LogP contribution < -0.4 is 9.47 Å². The van der Waals surface area contributed by atoms with Crippen molar-refractivity contribution in [2.45, 2.75) is 20.0 Å². The summed E-state index contributed by atoms with van der Waals surface area (Å²) >= 11 is 0.928. The number of carbonyl (C=O) groups is 2. The van der Waals surface area contributed by atoms with Gasteiger partial charge in [-0.3, -0.25) is 14.5 Å². The maximum Gasteiger partial charge on any atom is 0.293 e. The van der Waals surface area contributed by atoms with E-state index < -0.39 is 0 Å². The Morgan fingerprint density at radius 1 is 1.14 bits per heavy atom. The molecule has 28 heavy (non-hydrogen) atoms. The van der Waals surface area contributed by atoms with E-state index in [1.165, 1.54) is 18.1 Å². The molecule has 5 nitrogen and oxygen atoms in total. The number of ether oxygens (including phenoxy) is 2. The molecule has 0 spiro atoms. The van der Waals surface area contributed by atoms with Crippen molar-refractivity contribution in [3.8, 4) is 11.5 Å². The molecule has 2 aromatic carbocycles. The molecule has 1 fully saturated rings. The van der Waals surface area contributed by atoms with Crippen molar-refractivity contribution in [3.63, 3.8) is 0 Å². The number of amides is 2. The minimum atomic E-state index is -0.333. The normalized spacial score (nSPS) is 15.4. The minimum Gasteiger partial charge on any atom is -0.493 e. The van der Waals surface area contributed by atoms with E-state index in [0.29, 0.717) is 40.5 Å². The Bertz CT molecular complexity index is 928. The van der Waals surface area contributed by atoms with E-state index in [1.807, 2.05) is 6.92 Å². The van der Waals surface area contributed by atoms with E-state index in [2.05, 4.69) is 0 Å². The zero-order chi connectivity index (χ0) is 20.1. The molecular formula is C21H20FNO4S. The highest BCUT2D eigenvalue weighted by atomic mass is 32.2. The molecule has 1 heterocycles. The van der Waals surface area contributed by atoms with Crippen LogP contribution in [0, 0.1) is 5.82 Å². The largest absolute Gasteiger partial charge is 0.493 e. The quantitative estimate of drug-likeness (QED) is 0.620. The Balaban J connectivity index is 1.77. The summed E-state index contributed by atoms with van der Waals surface area (Å²) in [4.78, 5) is 25.9. The maximum atomic E-state index is 13.7. The van der Waals surface area contributed by atoms with Crippen LogP contribution in [-0.4, -0.2) is 29.7 Å². The lowest BCUT2D eigenvalue weighted by Gasteiger charge is -2.12. The summed E-state index contributed by atoms with van der Waals surface area (Å²) in [6.45, 7) is 2.39. The van der Waals surface area contributed by atoms with E-state index in [4.69, 9.17) is 9.47 Å². The molecule has 2 amide bonds. The SMILES string of the molecule is CCCN1C(=O)S/C(=C\c2ccc(OCc3ccccc3F)c(OC)c2)C1=O. The molecule has 7 heteroatoms. The molecule has 3 rings (SSSR count). The topological polar surface area (TPSA) is 55.8 Å². The smallest absolute Gasteiger partial charge is 0.293 e. The zero-order valence-electron chi connectivity index (χ0n) is 15.6. The third-order valence-corrected chi connectivity index (χ3v) is 5.05. The van der Waals surface area contributed by atoms with Gasteiger partial charge in [0.1, 0.15) is 12.4 Å². The first-order valence-electron chi connectivity index (χ1n) is 8.83. The molecule has 0 radical (unpaired) electrons. The van der Waals surface area contributed by atoms with E-state index in [9.17, 15) is 14.0 Å². The van der Waals surface area contributed by atoms with Crippen LogP contribution in [0.2, 0.25) is 0 Å². The number of benzene rings is 2. The molecule has 0 aliphatic carbocycles. The van der Waals surface area contributed by atoms with E-state index in [1.54, 1.807) is 42.5 Å². The fraction of sp³-hybridized carbons (Fsp3) is 0.238. The van der Waals surface area contributed by atoms with Gasteiger partial charge in [0.2, 0.25) is 0 Å². The second kappa shape index (κ2) is 8.93. The van der Waals surface area contributed by atoms with Crippen molar-refractivity contribution < 1.29 is 23.5 Å². The standard InChI is InChI=1S/C21H20FNO4S/c1-3-10-23-20(24)19(28-21(23)25)12-14-8-9-17(18(11-14)26-2)27-13-15-6-4-5-7-16(15)22/h4-9,11-12H,3,10,13H2,1-2H3/b19-12-. The van der Waals surface area contributed by atoms with Gasteiger partial charge in [-0.15, -0.1) is 0 Å². The van der Waals surface area contributed by atoms with Gasteiger partial charge in [-0.2, -0.15) is 0 Å². The monoisotopic (exact) mass is 401 g/mol. The molecule has 0 saturated carbocycles. The number of carbonyl (C=O) groups excluding carboxylic acids is 2. The van der Waals surface area contributed by atoms with Gasteiger partial charge in [-0.25, -0.2) is 4.39 Å². The van der Waals surface area contributed by atoms with Crippen molar-refractivity contribution in [2.75, 3.05) is 13.7 Å². The molecule has 0 aromatic heterocycles. The molecule has 0 N–H and O–H groups in total. The second-order valence-electron chi connectivity index (χ2n) is 6.12. The van der Waals surface area contributed by atoms with Crippen molar-refractivity contribution in [3.05, 3.63) is 64.3 Å². The number of methoxy groups -OCH3 is 1. The Labute approximate surface area is 167 Å². The van der Waals surface area contributed by atoms with E-state index in [-0.39, 0.29) is 23.6 Å². The number of imide groups is 1. The van der Waals surface area contributed by atoms with Gasteiger partial charge in [0.05, 0.1) is 12.0 Å². The lowest BCUT2D eigenvalue weighted by molar-refractivity contribution is -0.122. The van der Waals surface area contributed by atoms with Crippen LogP contribution in [0.15, 0.2) is 47.4 Å². The Hall–Kier alpha value is -2.80. The van der Waals surface area contributed by atoms with Crippen LogP contribution in [0.5, 0.6) is 11.5 Å². The molecule has 2 aromatic rings. The molecule has 0 atom stereocenters. The molecule has 1 aliphatic heterocycles. The predicted molar refractivity (Wildman–Crippen MR) is 107 cm³/mol. The van der Waals surface area contributed by atoms with Gasteiger partial charge in [-0.1, -0.05) is 31.2 Å². The number of thioether (sulfide) groups is 1. The van der Waals surface area contributed by atoms with Crippen molar-refractivity contribution in [1.82, 2.24) is 4.90 Å². The summed E-state index contributed by atoms with van der Waals surface area (Å²) < 4.78 is 24.8. The van der Waals surface area contributed by atoms with Gasteiger partial charge >= 0.3 is 0 Å². The number of nitrogens with zero attached hydrogens (tertiary/aromatic N) is 1. The summed E-state index contributed by atoms with van der Waals surface area (Å²) in [5.41, 5.74) is 1.15. The number of halogens is 1. The lowest BCUT2D eigenvalue weighted by atomic mass is 10.1. The van der Waals surface area contributed by atoms with Crippen molar-refractivity contribution in [2.24, 2.45) is 0 Å². The molecule has 0 unspecified atom stereocenters. The van der Waals surface area contributed by atoms with Gasteiger partial charge in [-0.05, 0) is 48.0 Å². The average Bonchev–Trinajstić information content (AvgIpc) is 2.95. The highest BCUT2D eigenvalue weighted by molar-refractivity contribution is 8.18. The fourth-order valence-corrected chi connectivity index (χ4v) is 3.60. The molecule has 146 valence electrons. The van der Waals surface area contributed by atoms with Crippen LogP contribution in [0.25, 0.3) is 6.08 Å². The van der Waals surface area contributed by atoms with Crippen LogP contribution in [0.3, 0.4) is 0 Å². The second-order valence-corrected chi connectivity index (χ2v) is 7.12. The summed E-state index contributed by atoms with van der Waals surface area (Å²) in [6.07, 6.45) is 2.37. The highest BCUT2D eigenvalue weighted by Crippen LogP contribution is 2.34. The number of hydrogen-bond acceptors (Lipinski definition) is 5. The van der Waals surface area contributed by atoms with Gasteiger partial charge in [0.25, 0.3) is 11.1 Å². The summed E-state index contributed by atoms with van der Waals surface area (Å²) in [6, 6.07) is 11.6.